The van der Waals surface area contributed by atoms with Gasteiger partial charge in [0.2, 0.25) is 5.78 Å². The fourth-order valence-electron chi connectivity index (χ4n) is 2.30. The molecule has 0 amide bonds. The molecule has 3 rings (SSSR count). The van der Waals surface area contributed by atoms with Crippen LogP contribution in [0.3, 0.4) is 0 Å². The van der Waals surface area contributed by atoms with Crippen LogP contribution in [0.15, 0.2) is 23.1 Å². The van der Waals surface area contributed by atoms with E-state index < -0.39 is 0 Å². The molecule has 0 saturated heterocycles. The lowest BCUT2D eigenvalue weighted by atomic mass is 10.0. The molecular formula is C14H14N4O2S. The molecule has 6 nitrogen and oxygen atoms in total. The molecule has 2 heterocycles. The minimum Gasteiger partial charge on any atom is -0.302 e. The van der Waals surface area contributed by atoms with Crippen molar-refractivity contribution in [3.8, 4) is 0 Å². The van der Waals surface area contributed by atoms with Crippen molar-refractivity contribution in [1.82, 2.24) is 19.4 Å². The van der Waals surface area contributed by atoms with E-state index in [9.17, 15) is 9.59 Å². The number of aromatic nitrogens is 4. The van der Waals surface area contributed by atoms with Gasteiger partial charge in [-0.2, -0.15) is 0 Å². The molecule has 0 radical (unpaired) electrons. The molecule has 0 unspecified atom stereocenters. The molecule has 2 aromatic heterocycles. The van der Waals surface area contributed by atoms with Crippen LogP contribution in [0, 0.1) is 6.92 Å². The van der Waals surface area contributed by atoms with Gasteiger partial charge in [0, 0.05) is 17.8 Å². The molecule has 0 saturated carbocycles. The number of H-pyrrole nitrogens is 1. The van der Waals surface area contributed by atoms with E-state index in [4.69, 9.17) is 0 Å². The normalized spacial score (nSPS) is 11.4. The maximum atomic E-state index is 12.6. The van der Waals surface area contributed by atoms with Gasteiger partial charge in [-0.1, -0.05) is 4.49 Å². The highest BCUT2D eigenvalue weighted by Gasteiger charge is 2.20. The van der Waals surface area contributed by atoms with Crippen LogP contribution in [0.2, 0.25) is 0 Å². The lowest BCUT2D eigenvalue weighted by Crippen LogP contribution is -2.23. The molecule has 0 aliphatic carbocycles. The second kappa shape index (κ2) is 4.92. The minimum atomic E-state index is -0.300. The molecule has 3 aromatic rings. The molecule has 0 atom stereocenters. The Labute approximate surface area is 124 Å². The summed E-state index contributed by atoms with van der Waals surface area (Å²) in [6.07, 6.45) is 1.47. The van der Waals surface area contributed by atoms with Gasteiger partial charge >= 0.3 is 0 Å². The number of carbonyl (C=O) groups is 1. The molecule has 0 aliphatic rings. The SMILES string of the molecule is Cc1c(C(=O)c2c[nH]n(C(C)C)c2=O)ccc2snnc12. The Morgan fingerprint density at radius 2 is 2.10 bits per heavy atom. The van der Waals surface area contributed by atoms with Crippen LogP contribution in [-0.2, 0) is 0 Å². The van der Waals surface area contributed by atoms with E-state index in [1.807, 2.05) is 26.8 Å². The largest absolute Gasteiger partial charge is 0.302 e. The van der Waals surface area contributed by atoms with Gasteiger partial charge in [0.15, 0.2) is 0 Å². The maximum absolute atomic E-state index is 12.6. The Bertz CT molecular complexity index is 888. The molecule has 108 valence electrons. The van der Waals surface area contributed by atoms with Crippen molar-refractivity contribution in [3.05, 3.63) is 45.4 Å². The van der Waals surface area contributed by atoms with Crippen molar-refractivity contribution in [3.63, 3.8) is 0 Å². The van der Waals surface area contributed by atoms with Crippen molar-refractivity contribution >= 4 is 27.5 Å². The minimum absolute atomic E-state index is 0.0228. The second-order valence-corrected chi connectivity index (χ2v) is 5.93. The van der Waals surface area contributed by atoms with E-state index >= 15 is 0 Å². The predicted molar refractivity (Wildman–Crippen MR) is 81.0 cm³/mol. The topological polar surface area (TPSA) is 80.6 Å². The van der Waals surface area contributed by atoms with E-state index in [-0.39, 0.29) is 22.9 Å². The Kier molecular flexibility index (Phi) is 3.21. The zero-order valence-corrected chi connectivity index (χ0v) is 12.7. The number of nitrogens with one attached hydrogen (secondary N) is 1. The third-order valence-corrected chi connectivity index (χ3v) is 4.17. The summed E-state index contributed by atoms with van der Waals surface area (Å²) in [6, 6.07) is 3.52. The standard InChI is InChI=1S/C14H14N4O2S/c1-7(2)18-14(20)10(6-15-18)13(19)9-4-5-11-12(8(9)3)16-17-21-11/h4-7,15H,1-3H3. The fourth-order valence-corrected chi connectivity index (χ4v) is 2.92. The quantitative estimate of drug-likeness (QED) is 0.753. The molecular weight excluding hydrogens is 288 g/mol. The Morgan fingerprint density at radius 1 is 1.33 bits per heavy atom. The summed E-state index contributed by atoms with van der Waals surface area (Å²) in [5.41, 5.74) is 1.80. The number of carbonyl (C=O) groups excluding carboxylic acids is 1. The van der Waals surface area contributed by atoms with Crippen LogP contribution in [-0.4, -0.2) is 25.2 Å². The highest BCUT2D eigenvalue weighted by molar-refractivity contribution is 7.12. The third-order valence-electron chi connectivity index (χ3n) is 3.48. The lowest BCUT2D eigenvalue weighted by molar-refractivity contribution is 0.103. The van der Waals surface area contributed by atoms with Gasteiger partial charge < -0.3 is 5.10 Å². The van der Waals surface area contributed by atoms with E-state index in [2.05, 4.69) is 14.7 Å². The summed E-state index contributed by atoms with van der Waals surface area (Å²) in [4.78, 5) is 24.8. The summed E-state index contributed by atoms with van der Waals surface area (Å²) in [5.74, 6) is -0.289. The molecule has 1 N–H and O–H groups in total. The van der Waals surface area contributed by atoms with Gasteiger partial charge in [-0.3, -0.25) is 14.3 Å². The fraction of sp³-hybridized carbons (Fsp3) is 0.286. The third kappa shape index (κ3) is 2.09. The van der Waals surface area contributed by atoms with Crippen molar-refractivity contribution in [1.29, 1.82) is 0 Å². The maximum Gasteiger partial charge on any atom is 0.277 e. The molecule has 0 fully saturated rings. The number of aromatic amines is 1. The molecule has 21 heavy (non-hydrogen) atoms. The van der Waals surface area contributed by atoms with E-state index in [1.54, 1.807) is 6.07 Å². The molecule has 0 bridgehead atoms. The Morgan fingerprint density at radius 3 is 2.76 bits per heavy atom. The van der Waals surface area contributed by atoms with Gasteiger partial charge in [-0.15, -0.1) is 5.10 Å². The number of hydrogen-bond donors (Lipinski definition) is 1. The number of hydrogen-bond acceptors (Lipinski definition) is 5. The van der Waals surface area contributed by atoms with Crippen molar-refractivity contribution in [2.45, 2.75) is 26.8 Å². The van der Waals surface area contributed by atoms with Gasteiger partial charge in [0.25, 0.3) is 5.56 Å². The van der Waals surface area contributed by atoms with Crippen LogP contribution in [0.1, 0.15) is 41.4 Å². The van der Waals surface area contributed by atoms with Crippen molar-refractivity contribution in [2.75, 3.05) is 0 Å². The highest BCUT2D eigenvalue weighted by Crippen LogP contribution is 2.23. The number of nitrogens with zero attached hydrogens (tertiary/aromatic N) is 3. The van der Waals surface area contributed by atoms with Gasteiger partial charge in [0.1, 0.15) is 11.1 Å². The molecule has 1 aromatic carbocycles. The molecule has 7 heteroatoms. The Hall–Kier alpha value is -2.28. The number of ketones is 1. The van der Waals surface area contributed by atoms with Crippen LogP contribution in [0.25, 0.3) is 10.2 Å². The first-order valence-corrected chi connectivity index (χ1v) is 7.34. The van der Waals surface area contributed by atoms with Crippen LogP contribution >= 0.6 is 11.5 Å². The van der Waals surface area contributed by atoms with Crippen molar-refractivity contribution < 1.29 is 4.79 Å². The zero-order valence-electron chi connectivity index (χ0n) is 11.9. The summed E-state index contributed by atoms with van der Waals surface area (Å²) in [5, 5.41) is 6.87. The summed E-state index contributed by atoms with van der Waals surface area (Å²) >= 11 is 1.28. The number of aryl methyl sites for hydroxylation is 1. The number of benzene rings is 1. The summed E-state index contributed by atoms with van der Waals surface area (Å²) in [7, 11) is 0. The first kappa shape index (κ1) is 13.7. The van der Waals surface area contributed by atoms with E-state index in [0.717, 1.165) is 10.3 Å². The first-order valence-electron chi connectivity index (χ1n) is 6.57. The number of fused-ring (bicyclic) bond motifs is 1. The van der Waals surface area contributed by atoms with Crippen LogP contribution in [0.5, 0.6) is 0 Å². The van der Waals surface area contributed by atoms with Gasteiger partial charge in [0.05, 0.1) is 4.70 Å². The lowest BCUT2D eigenvalue weighted by Gasteiger charge is -2.04. The van der Waals surface area contributed by atoms with Crippen LogP contribution < -0.4 is 5.56 Å². The zero-order chi connectivity index (χ0) is 15.1. The predicted octanol–water partition coefficient (Wildman–Crippen LogP) is 2.30. The molecule has 0 spiro atoms. The van der Waals surface area contributed by atoms with Gasteiger partial charge in [-0.05, 0) is 50.0 Å². The number of rotatable bonds is 3. The van der Waals surface area contributed by atoms with E-state index in [0.29, 0.717) is 11.1 Å². The highest BCUT2D eigenvalue weighted by atomic mass is 32.1. The summed E-state index contributed by atoms with van der Waals surface area (Å²) < 4.78 is 6.25. The average Bonchev–Trinajstić information content (AvgIpc) is 3.05. The monoisotopic (exact) mass is 302 g/mol. The van der Waals surface area contributed by atoms with Crippen molar-refractivity contribution in [2.24, 2.45) is 0 Å². The molecule has 0 aliphatic heterocycles. The van der Waals surface area contributed by atoms with E-state index in [1.165, 1.54) is 22.4 Å². The van der Waals surface area contributed by atoms with Crippen LogP contribution in [0.4, 0.5) is 0 Å². The smallest absolute Gasteiger partial charge is 0.277 e. The van der Waals surface area contributed by atoms with Gasteiger partial charge in [-0.25, -0.2) is 0 Å². The summed E-state index contributed by atoms with van der Waals surface area (Å²) in [6.45, 7) is 5.58. The average molecular weight is 302 g/mol. The first-order chi connectivity index (χ1) is 10.0. The second-order valence-electron chi connectivity index (χ2n) is 5.14. The Balaban J connectivity index is 2.13.